The summed E-state index contributed by atoms with van der Waals surface area (Å²) in [7, 11) is 0. The molecular weight excluding hydrogens is 273 g/mol. The number of nitrogens with zero attached hydrogens (tertiary/aromatic N) is 1. The van der Waals surface area contributed by atoms with Crippen molar-refractivity contribution in [2.75, 3.05) is 0 Å². The highest BCUT2D eigenvalue weighted by Crippen LogP contribution is 2.35. The Bertz CT molecular complexity index is 634. The van der Waals surface area contributed by atoms with E-state index in [1.807, 2.05) is 0 Å². The predicted molar refractivity (Wildman–Crippen MR) is 64.5 cm³/mol. The lowest BCUT2D eigenvalue weighted by atomic mass is 10.0. The average Bonchev–Trinajstić information content (AvgIpc) is 2.84. The first kappa shape index (κ1) is 14.1. The SMILES string of the molecule is Cc1cc(C)c(C(F)(F)F)cc1OC(=O)c1c[nH]cn1. The molecule has 1 aromatic heterocycles. The first-order valence-electron chi connectivity index (χ1n) is 5.68. The van der Waals surface area contributed by atoms with Gasteiger partial charge in [-0.05, 0) is 31.0 Å². The third kappa shape index (κ3) is 2.81. The van der Waals surface area contributed by atoms with Gasteiger partial charge in [0.2, 0.25) is 0 Å². The number of imidazole rings is 1. The van der Waals surface area contributed by atoms with Crippen molar-refractivity contribution in [3.8, 4) is 5.75 Å². The van der Waals surface area contributed by atoms with E-state index in [1.165, 1.54) is 25.5 Å². The number of ether oxygens (including phenoxy) is 1. The van der Waals surface area contributed by atoms with Crippen LogP contribution in [0.1, 0.15) is 27.2 Å². The fourth-order valence-corrected chi connectivity index (χ4v) is 1.77. The monoisotopic (exact) mass is 284 g/mol. The van der Waals surface area contributed by atoms with Crippen molar-refractivity contribution in [1.29, 1.82) is 0 Å². The van der Waals surface area contributed by atoms with Crippen LogP contribution < -0.4 is 4.74 Å². The number of hydrogen-bond donors (Lipinski definition) is 1. The summed E-state index contributed by atoms with van der Waals surface area (Å²) >= 11 is 0. The minimum Gasteiger partial charge on any atom is -0.421 e. The molecule has 0 fully saturated rings. The van der Waals surface area contributed by atoms with Crippen molar-refractivity contribution in [3.63, 3.8) is 0 Å². The summed E-state index contributed by atoms with van der Waals surface area (Å²) < 4.78 is 43.4. The summed E-state index contributed by atoms with van der Waals surface area (Å²) in [5.74, 6) is -0.942. The zero-order valence-electron chi connectivity index (χ0n) is 10.7. The first-order valence-corrected chi connectivity index (χ1v) is 5.68. The van der Waals surface area contributed by atoms with E-state index in [2.05, 4.69) is 9.97 Å². The highest BCUT2D eigenvalue weighted by molar-refractivity contribution is 5.88. The molecule has 4 nitrogen and oxygen atoms in total. The van der Waals surface area contributed by atoms with Crippen LogP contribution in [0.2, 0.25) is 0 Å². The summed E-state index contributed by atoms with van der Waals surface area (Å²) in [4.78, 5) is 17.9. The molecule has 0 amide bonds. The molecular formula is C13H11F3N2O2. The summed E-state index contributed by atoms with van der Waals surface area (Å²) in [5, 5.41) is 0. The number of carbonyl (C=O) groups is 1. The molecule has 1 heterocycles. The van der Waals surface area contributed by atoms with Crippen LogP contribution in [0.5, 0.6) is 5.75 Å². The van der Waals surface area contributed by atoms with E-state index >= 15 is 0 Å². The van der Waals surface area contributed by atoms with E-state index in [0.29, 0.717) is 5.56 Å². The van der Waals surface area contributed by atoms with Crippen molar-refractivity contribution in [1.82, 2.24) is 9.97 Å². The second kappa shape index (κ2) is 4.99. The number of H-pyrrole nitrogens is 1. The van der Waals surface area contributed by atoms with E-state index in [-0.39, 0.29) is 17.0 Å². The molecule has 1 N–H and O–H groups in total. The Morgan fingerprint density at radius 1 is 1.25 bits per heavy atom. The second-order valence-corrected chi connectivity index (χ2v) is 4.27. The smallest absolute Gasteiger partial charge is 0.416 e. The Morgan fingerprint density at radius 2 is 1.95 bits per heavy atom. The maximum Gasteiger partial charge on any atom is 0.416 e. The third-order valence-electron chi connectivity index (χ3n) is 2.74. The summed E-state index contributed by atoms with van der Waals surface area (Å²) in [6, 6.07) is 2.16. The van der Waals surface area contributed by atoms with Crippen molar-refractivity contribution >= 4 is 5.97 Å². The molecule has 0 saturated heterocycles. The first-order chi connectivity index (χ1) is 9.29. The van der Waals surface area contributed by atoms with Gasteiger partial charge >= 0.3 is 12.1 Å². The molecule has 2 aromatic rings. The van der Waals surface area contributed by atoms with Gasteiger partial charge in [-0.15, -0.1) is 0 Å². The van der Waals surface area contributed by atoms with Gasteiger partial charge in [-0.1, -0.05) is 6.07 Å². The molecule has 0 bridgehead atoms. The van der Waals surface area contributed by atoms with Crippen LogP contribution in [0.4, 0.5) is 13.2 Å². The van der Waals surface area contributed by atoms with E-state index in [0.717, 1.165) is 6.07 Å². The van der Waals surface area contributed by atoms with Crippen LogP contribution in [0.25, 0.3) is 0 Å². The van der Waals surface area contributed by atoms with Crippen LogP contribution >= 0.6 is 0 Å². The van der Waals surface area contributed by atoms with Crippen molar-refractivity contribution < 1.29 is 22.7 Å². The molecule has 0 aliphatic heterocycles. The molecule has 106 valence electrons. The lowest BCUT2D eigenvalue weighted by Crippen LogP contribution is -2.12. The Morgan fingerprint density at radius 3 is 2.50 bits per heavy atom. The van der Waals surface area contributed by atoms with Gasteiger partial charge in [-0.3, -0.25) is 0 Å². The summed E-state index contributed by atoms with van der Waals surface area (Å²) in [6.07, 6.45) is -1.92. The number of aromatic nitrogens is 2. The number of nitrogens with one attached hydrogen (secondary N) is 1. The minimum atomic E-state index is -4.49. The van der Waals surface area contributed by atoms with E-state index in [1.54, 1.807) is 6.92 Å². The van der Waals surface area contributed by atoms with Gasteiger partial charge in [0.05, 0.1) is 11.9 Å². The van der Waals surface area contributed by atoms with E-state index in [9.17, 15) is 18.0 Å². The Kier molecular flexibility index (Phi) is 3.52. The number of carbonyl (C=O) groups excluding carboxylic acids is 1. The fourth-order valence-electron chi connectivity index (χ4n) is 1.77. The molecule has 0 unspecified atom stereocenters. The minimum absolute atomic E-state index is 0.00136. The number of rotatable bonds is 2. The number of benzene rings is 1. The largest absolute Gasteiger partial charge is 0.421 e. The van der Waals surface area contributed by atoms with Gasteiger partial charge in [-0.2, -0.15) is 13.2 Å². The highest BCUT2D eigenvalue weighted by Gasteiger charge is 2.33. The number of halogens is 3. The Hall–Kier alpha value is -2.31. The molecule has 20 heavy (non-hydrogen) atoms. The standard InChI is InChI=1S/C13H11F3N2O2/c1-7-3-8(2)11(4-9(7)13(14,15)16)20-12(19)10-5-17-6-18-10/h3-6H,1-2H3,(H,17,18). The van der Waals surface area contributed by atoms with Gasteiger partial charge in [-0.25, -0.2) is 9.78 Å². The highest BCUT2D eigenvalue weighted by atomic mass is 19.4. The van der Waals surface area contributed by atoms with Crippen LogP contribution in [0.15, 0.2) is 24.7 Å². The maximum absolute atomic E-state index is 12.8. The van der Waals surface area contributed by atoms with E-state index < -0.39 is 17.7 Å². The lowest BCUT2D eigenvalue weighted by molar-refractivity contribution is -0.138. The van der Waals surface area contributed by atoms with Gasteiger partial charge in [0, 0.05) is 6.20 Å². The van der Waals surface area contributed by atoms with Crippen LogP contribution in [0, 0.1) is 13.8 Å². The number of hydrogen-bond acceptors (Lipinski definition) is 3. The molecule has 2 rings (SSSR count). The molecule has 7 heteroatoms. The fraction of sp³-hybridized carbons (Fsp3) is 0.231. The molecule has 0 aliphatic rings. The number of esters is 1. The number of aromatic amines is 1. The molecule has 0 spiro atoms. The van der Waals surface area contributed by atoms with Gasteiger partial charge in [0.25, 0.3) is 0 Å². The average molecular weight is 284 g/mol. The zero-order valence-corrected chi connectivity index (χ0v) is 10.7. The summed E-state index contributed by atoms with van der Waals surface area (Å²) in [5.41, 5.74) is -0.305. The van der Waals surface area contributed by atoms with Gasteiger partial charge < -0.3 is 9.72 Å². The number of aryl methyl sites for hydroxylation is 2. The van der Waals surface area contributed by atoms with Crippen molar-refractivity contribution in [3.05, 3.63) is 47.0 Å². The molecule has 0 atom stereocenters. The van der Waals surface area contributed by atoms with Crippen molar-refractivity contribution in [2.24, 2.45) is 0 Å². The van der Waals surface area contributed by atoms with Gasteiger partial charge in [0.15, 0.2) is 5.69 Å². The molecule has 1 aromatic carbocycles. The van der Waals surface area contributed by atoms with E-state index in [4.69, 9.17) is 4.74 Å². The second-order valence-electron chi connectivity index (χ2n) is 4.27. The van der Waals surface area contributed by atoms with Gasteiger partial charge in [0.1, 0.15) is 5.75 Å². The maximum atomic E-state index is 12.8. The van der Waals surface area contributed by atoms with Crippen molar-refractivity contribution in [2.45, 2.75) is 20.0 Å². The third-order valence-corrected chi connectivity index (χ3v) is 2.74. The summed E-state index contributed by atoms with van der Waals surface area (Å²) in [6.45, 7) is 2.93. The predicted octanol–water partition coefficient (Wildman–Crippen LogP) is 3.26. The number of alkyl halides is 3. The normalized spacial score (nSPS) is 11.4. The van der Waals surface area contributed by atoms with Crippen LogP contribution in [-0.2, 0) is 6.18 Å². The zero-order chi connectivity index (χ0) is 14.9. The van der Waals surface area contributed by atoms with Crippen LogP contribution in [0.3, 0.4) is 0 Å². The Labute approximate surface area is 112 Å². The molecule has 0 radical (unpaired) electrons. The van der Waals surface area contributed by atoms with Crippen LogP contribution in [-0.4, -0.2) is 15.9 Å². The quantitative estimate of drug-likeness (QED) is 0.680. The molecule has 0 saturated carbocycles. The molecule has 0 aliphatic carbocycles. The lowest BCUT2D eigenvalue weighted by Gasteiger charge is -2.14. The Balaban J connectivity index is 2.35. The topological polar surface area (TPSA) is 55.0 Å².